The number of carbonyl (C=O) groups is 2. The Labute approximate surface area is 73.6 Å². The van der Waals surface area contributed by atoms with E-state index in [1.54, 1.807) is 6.08 Å². The van der Waals surface area contributed by atoms with E-state index in [0.29, 0.717) is 11.3 Å². The van der Waals surface area contributed by atoms with Crippen LogP contribution in [0.4, 0.5) is 0 Å². The number of hydrogen-bond donors (Lipinski definition) is 0. The number of thioether (sulfide) groups is 1. The third kappa shape index (κ3) is 1.79. The van der Waals surface area contributed by atoms with Crippen molar-refractivity contribution in [3.05, 3.63) is 11.0 Å². The molecule has 1 unspecified atom stereocenters. The molecule has 0 amide bonds. The molecular weight excluding hydrogens is 180 g/mol. The van der Waals surface area contributed by atoms with Crippen LogP contribution in [0.2, 0.25) is 0 Å². The molecule has 0 fully saturated rings. The molecule has 0 aromatic carbocycles. The monoisotopic (exact) mass is 187 g/mol. The fraction of sp³-hybridized carbons (Fsp3) is 0.429. The van der Waals surface area contributed by atoms with Gasteiger partial charge in [0.25, 0.3) is 0 Å². The molecule has 0 radical (unpaired) electrons. The molecule has 0 aliphatic carbocycles. The highest BCUT2D eigenvalue weighted by molar-refractivity contribution is 8.05. The summed E-state index contributed by atoms with van der Waals surface area (Å²) in [5.41, 5.74) is 0. The summed E-state index contributed by atoms with van der Waals surface area (Å²) in [4.78, 5) is 21.6. The van der Waals surface area contributed by atoms with Crippen molar-refractivity contribution in [1.29, 1.82) is 0 Å². The van der Waals surface area contributed by atoms with Crippen LogP contribution in [0.15, 0.2) is 11.0 Å². The molecule has 1 rings (SSSR count). The zero-order chi connectivity index (χ0) is 9.14. The summed E-state index contributed by atoms with van der Waals surface area (Å²) in [6.45, 7) is 0. The topological polar surface area (TPSA) is 66.4 Å². The van der Waals surface area contributed by atoms with Gasteiger partial charge < -0.3 is 14.6 Å². The van der Waals surface area contributed by atoms with Gasteiger partial charge in [-0.3, -0.25) is 0 Å². The standard InChI is InChI=1S/C7H8O4S/c1-11-7(10)5-3-2-4(12-5)6(8)9/h3-4H,2H2,1H3,(H,8,9)/p-1. The van der Waals surface area contributed by atoms with Crippen molar-refractivity contribution in [2.45, 2.75) is 11.7 Å². The van der Waals surface area contributed by atoms with E-state index >= 15 is 0 Å². The van der Waals surface area contributed by atoms with Crippen molar-refractivity contribution in [3.63, 3.8) is 0 Å². The minimum atomic E-state index is -1.14. The molecule has 0 bridgehead atoms. The van der Waals surface area contributed by atoms with Gasteiger partial charge in [0.1, 0.15) is 0 Å². The molecule has 0 saturated carbocycles. The molecule has 1 heterocycles. The minimum Gasteiger partial charge on any atom is -0.549 e. The first-order chi connectivity index (χ1) is 5.65. The maximum atomic E-state index is 10.9. The van der Waals surface area contributed by atoms with Crippen LogP contribution >= 0.6 is 11.8 Å². The summed E-state index contributed by atoms with van der Waals surface area (Å²) >= 11 is 0.976. The van der Waals surface area contributed by atoms with Crippen molar-refractivity contribution in [1.82, 2.24) is 0 Å². The molecule has 4 nitrogen and oxygen atoms in total. The number of allylic oxidation sites excluding steroid dienone is 1. The molecule has 5 heteroatoms. The van der Waals surface area contributed by atoms with Gasteiger partial charge in [0.2, 0.25) is 0 Å². The lowest BCUT2D eigenvalue weighted by molar-refractivity contribution is -0.304. The number of rotatable bonds is 2. The second kappa shape index (κ2) is 3.62. The summed E-state index contributed by atoms with van der Waals surface area (Å²) in [7, 11) is 1.26. The van der Waals surface area contributed by atoms with E-state index in [1.165, 1.54) is 7.11 Å². The Balaban J connectivity index is 2.54. The maximum Gasteiger partial charge on any atom is 0.344 e. The highest BCUT2D eigenvalue weighted by atomic mass is 32.2. The first-order valence-electron chi connectivity index (χ1n) is 3.31. The third-order valence-electron chi connectivity index (χ3n) is 1.44. The lowest BCUT2D eigenvalue weighted by atomic mass is 10.3. The molecule has 0 aromatic rings. The van der Waals surface area contributed by atoms with Gasteiger partial charge in [0.05, 0.1) is 23.2 Å². The van der Waals surface area contributed by atoms with E-state index in [4.69, 9.17) is 0 Å². The van der Waals surface area contributed by atoms with Gasteiger partial charge in [0, 0.05) is 0 Å². The van der Waals surface area contributed by atoms with Gasteiger partial charge >= 0.3 is 5.97 Å². The number of carboxylic acids is 1. The van der Waals surface area contributed by atoms with Crippen molar-refractivity contribution in [2.75, 3.05) is 7.11 Å². The van der Waals surface area contributed by atoms with Crippen LogP contribution in [0.5, 0.6) is 0 Å². The van der Waals surface area contributed by atoms with Crippen molar-refractivity contribution in [2.24, 2.45) is 0 Å². The van der Waals surface area contributed by atoms with Gasteiger partial charge in [-0.05, 0) is 6.42 Å². The molecule has 1 atom stereocenters. The Bertz CT molecular complexity index is 246. The second-order valence-electron chi connectivity index (χ2n) is 2.22. The van der Waals surface area contributed by atoms with Crippen LogP contribution in [-0.4, -0.2) is 24.3 Å². The zero-order valence-electron chi connectivity index (χ0n) is 6.40. The fourth-order valence-corrected chi connectivity index (χ4v) is 1.81. The first kappa shape index (κ1) is 9.12. The molecule has 12 heavy (non-hydrogen) atoms. The van der Waals surface area contributed by atoms with Crippen LogP contribution in [-0.2, 0) is 14.3 Å². The van der Waals surface area contributed by atoms with Crippen molar-refractivity contribution in [3.8, 4) is 0 Å². The molecule has 1 aliphatic heterocycles. The predicted molar refractivity (Wildman–Crippen MR) is 41.1 cm³/mol. The van der Waals surface area contributed by atoms with E-state index in [-0.39, 0.29) is 0 Å². The highest BCUT2D eigenvalue weighted by Crippen LogP contribution is 2.32. The Hall–Kier alpha value is -0.970. The smallest absolute Gasteiger partial charge is 0.344 e. The van der Waals surface area contributed by atoms with E-state index in [1.807, 2.05) is 0 Å². The summed E-state index contributed by atoms with van der Waals surface area (Å²) in [6, 6.07) is 0. The lowest BCUT2D eigenvalue weighted by Crippen LogP contribution is -2.32. The Morgan fingerprint density at radius 2 is 2.42 bits per heavy atom. The fourth-order valence-electron chi connectivity index (χ4n) is 0.840. The highest BCUT2D eigenvalue weighted by Gasteiger charge is 2.23. The quantitative estimate of drug-likeness (QED) is 0.535. The van der Waals surface area contributed by atoms with Gasteiger partial charge in [-0.1, -0.05) is 6.08 Å². The number of carboxylic acid groups (broad SMARTS) is 1. The maximum absolute atomic E-state index is 10.9. The van der Waals surface area contributed by atoms with Crippen LogP contribution < -0.4 is 5.11 Å². The van der Waals surface area contributed by atoms with Crippen molar-refractivity contribution >= 4 is 23.7 Å². The van der Waals surface area contributed by atoms with Crippen LogP contribution in [0, 0.1) is 0 Å². The largest absolute Gasteiger partial charge is 0.549 e. The van der Waals surface area contributed by atoms with Gasteiger partial charge in [-0.15, -0.1) is 11.8 Å². The molecule has 66 valence electrons. The van der Waals surface area contributed by atoms with Gasteiger partial charge in [-0.25, -0.2) is 4.79 Å². The van der Waals surface area contributed by atoms with E-state index < -0.39 is 17.2 Å². The number of aliphatic carboxylic acids is 1. The van der Waals surface area contributed by atoms with Crippen LogP contribution in [0.3, 0.4) is 0 Å². The SMILES string of the molecule is COC(=O)C1=CCC(C(=O)[O-])S1. The number of methoxy groups -OCH3 is 1. The Kier molecular flexibility index (Phi) is 2.75. The van der Waals surface area contributed by atoms with Gasteiger partial charge in [0.15, 0.2) is 0 Å². The molecule has 1 aliphatic rings. The van der Waals surface area contributed by atoms with E-state index in [2.05, 4.69) is 4.74 Å². The number of ether oxygens (including phenoxy) is 1. The average Bonchev–Trinajstić information content (AvgIpc) is 2.51. The van der Waals surface area contributed by atoms with Gasteiger partial charge in [-0.2, -0.15) is 0 Å². The summed E-state index contributed by atoms with van der Waals surface area (Å²) in [5, 5.41) is 9.70. The third-order valence-corrected chi connectivity index (χ3v) is 2.69. The zero-order valence-corrected chi connectivity index (χ0v) is 7.22. The first-order valence-corrected chi connectivity index (χ1v) is 4.19. The van der Waals surface area contributed by atoms with E-state index in [0.717, 1.165) is 11.8 Å². The lowest BCUT2D eigenvalue weighted by Gasteiger charge is -2.09. The van der Waals surface area contributed by atoms with E-state index in [9.17, 15) is 14.7 Å². The number of carbonyl (C=O) groups excluding carboxylic acids is 2. The molecule has 0 saturated heterocycles. The molecular formula is C7H7O4S-. The normalized spacial score (nSPS) is 21.8. The number of hydrogen-bond acceptors (Lipinski definition) is 5. The Morgan fingerprint density at radius 1 is 1.75 bits per heavy atom. The summed E-state index contributed by atoms with van der Waals surface area (Å²) < 4.78 is 4.42. The van der Waals surface area contributed by atoms with Crippen molar-refractivity contribution < 1.29 is 19.4 Å². The second-order valence-corrected chi connectivity index (χ2v) is 3.47. The molecule has 0 aromatic heterocycles. The molecule has 0 spiro atoms. The van der Waals surface area contributed by atoms with Crippen LogP contribution in [0.25, 0.3) is 0 Å². The number of esters is 1. The minimum absolute atomic E-state index is 0.331. The summed E-state index contributed by atoms with van der Waals surface area (Å²) in [5.74, 6) is -1.63. The predicted octanol–water partition coefficient (Wildman–Crippen LogP) is -0.701. The molecule has 0 N–H and O–H groups in total. The Morgan fingerprint density at radius 3 is 2.83 bits per heavy atom. The summed E-state index contributed by atoms with van der Waals surface area (Å²) in [6.07, 6.45) is 1.88. The average molecular weight is 187 g/mol. The van der Waals surface area contributed by atoms with Crippen LogP contribution in [0.1, 0.15) is 6.42 Å².